The molecule has 22 heavy (non-hydrogen) atoms. The van der Waals surface area contributed by atoms with Crippen molar-refractivity contribution < 1.29 is 9.52 Å². The highest BCUT2D eigenvalue weighted by Gasteiger charge is 2.21. The Morgan fingerprint density at radius 3 is 2.45 bits per heavy atom. The van der Waals surface area contributed by atoms with Gasteiger partial charge in [0.05, 0.1) is 5.39 Å². The molecule has 0 unspecified atom stereocenters. The normalized spacial score (nSPS) is 11.8. The van der Waals surface area contributed by atoms with Crippen LogP contribution >= 0.6 is 0 Å². The lowest BCUT2D eigenvalue weighted by Crippen LogP contribution is -2.13. The van der Waals surface area contributed by atoms with E-state index in [1.54, 1.807) is 30.3 Å². The van der Waals surface area contributed by atoms with E-state index in [1.807, 2.05) is 12.1 Å². The fraction of sp³-hybridized carbons (Fsp3) is 0.211. The lowest BCUT2D eigenvalue weighted by Gasteiger charge is -2.22. The van der Waals surface area contributed by atoms with E-state index in [0.29, 0.717) is 16.7 Å². The van der Waals surface area contributed by atoms with Gasteiger partial charge < -0.3 is 9.52 Å². The fourth-order valence-corrected chi connectivity index (χ4v) is 2.60. The minimum Gasteiger partial charge on any atom is -0.508 e. The molecule has 3 aromatic rings. The van der Waals surface area contributed by atoms with Crippen molar-refractivity contribution in [3.63, 3.8) is 0 Å². The molecule has 0 saturated heterocycles. The van der Waals surface area contributed by atoms with Crippen molar-refractivity contribution in [2.45, 2.75) is 26.2 Å². The van der Waals surface area contributed by atoms with Crippen molar-refractivity contribution in [3.8, 4) is 17.1 Å². The van der Waals surface area contributed by atoms with Gasteiger partial charge in [0.15, 0.2) is 5.43 Å². The number of aromatic hydroxyl groups is 1. The highest BCUT2D eigenvalue weighted by molar-refractivity contribution is 5.79. The number of para-hydroxylation sites is 1. The number of phenolic OH excluding ortho intramolecular Hbond substituents is 1. The van der Waals surface area contributed by atoms with Crippen molar-refractivity contribution >= 4 is 11.0 Å². The standard InChI is InChI=1S/C19H18O3/c1-19(2,3)15-10-12(20)8-9-13(15)18-11-16(21)14-6-4-5-7-17(14)22-18/h4-11,20H,1-3H3. The van der Waals surface area contributed by atoms with Crippen LogP contribution < -0.4 is 5.43 Å². The molecule has 112 valence electrons. The van der Waals surface area contributed by atoms with Gasteiger partial charge in [0.1, 0.15) is 17.1 Å². The smallest absolute Gasteiger partial charge is 0.193 e. The molecule has 0 aliphatic rings. The van der Waals surface area contributed by atoms with Gasteiger partial charge in [0, 0.05) is 11.6 Å². The zero-order valence-electron chi connectivity index (χ0n) is 12.9. The maximum absolute atomic E-state index is 12.3. The average molecular weight is 294 g/mol. The largest absolute Gasteiger partial charge is 0.508 e. The first kappa shape index (κ1) is 14.4. The van der Waals surface area contributed by atoms with Crippen LogP contribution in [0.25, 0.3) is 22.3 Å². The predicted octanol–water partition coefficient (Wildman–Crippen LogP) is 4.46. The van der Waals surface area contributed by atoms with E-state index in [4.69, 9.17) is 4.42 Å². The summed E-state index contributed by atoms with van der Waals surface area (Å²) in [6.45, 7) is 6.18. The molecule has 1 heterocycles. The fourth-order valence-electron chi connectivity index (χ4n) is 2.60. The first-order chi connectivity index (χ1) is 10.4. The third-order valence-electron chi connectivity index (χ3n) is 3.71. The van der Waals surface area contributed by atoms with Crippen molar-refractivity contribution in [3.05, 3.63) is 64.3 Å². The summed E-state index contributed by atoms with van der Waals surface area (Å²) in [6.07, 6.45) is 0. The molecule has 1 aromatic heterocycles. The first-order valence-corrected chi connectivity index (χ1v) is 7.23. The Balaban J connectivity index is 2.31. The predicted molar refractivity (Wildman–Crippen MR) is 88.3 cm³/mol. The van der Waals surface area contributed by atoms with Gasteiger partial charge in [-0.15, -0.1) is 0 Å². The Labute approximate surface area is 128 Å². The van der Waals surface area contributed by atoms with Crippen LogP contribution in [0.1, 0.15) is 26.3 Å². The van der Waals surface area contributed by atoms with Crippen molar-refractivity contribution in [2.75, 3.05) is 0 Å². The van der Waals surface area contributed by atoms with Gasteiger partial charge in [0.25, 0.3) is 0 Å². The van der Waals surface area contributed by atoms with E-state index in [9.17, 15) is 9.90 Å². The minimum absolute atomic E-state index is 0.0650. The SMILES string of the molecule is CC(C)(C)c1cc(O)ccc1-c1cc(=O)c2ccccc2o1. The summed E-state index contributed by atoms with van der Waals surface area (Å²) in [5.74, 6) is 0.727. The van der Waals surface area contributed by atoms with E-state index >= 15 is 0 Å². The first-order valence-electron chi connectivity index (χ1n) is 7.23. The highest BCUT2D eigenvalue weighted by atomic mass is 16.3. The molecule has 0 fully saturated rings. The molecule has 0 atom stereocenters. The lowest BCUT2D eigenvalue weighted by molar-refractivity contribution is 0.471. The van der Waals surface area contributed by atoms with E-state index in [-0.39, 0.29) is 16.6 Å². The molecule has 3 rings (SSSR count). The molecule has 0 aliphatic carbocycles. The van der Waals surface area contributed by atoms with Gasteiger partial charge in [0.2, 0.25) is 0 Å². The van der Waals surface area contributed by atoms with Gasteiger partial charge in [-0.2, -0.15) is 0 Å². The average Bonchev–Trinajstić information content (AvgIpc) is 2.46. The second-order valence-corrected chi connectivity index (χ2v) is 6.45. The molecular formula is C19H18O3. The Morgan fingerprint density at radius 2 is 1.73 bits per heavy atom. The van der Waals surface area contributed by atoms with Gasteiger partial charge >= 0.3 is 0 Å². The van der Waals surface area contributed by atoms with Gasteiger partial charge in [-0.05, 0) is 41.3 Å². The Bertz CT molecular complexity index is 898. The van der Waals surface area contributed by atoms with Crippen LogP contribution in [0.15, 0.2) is 57.7 Å². The van der Waals surface area contributed by atoms with E-state index in [2.05, 4.69) is 20.8 Å². The molecule has 0 saturated carbocycles. The molecule has 3 heteroatoms. The van der Waals surface area contributed by atoms with Crippen LogP contribution in [0.5, 0.6) is 5.75 Å². The summed E-state index contributed by atoms with van der Waals surface area (Å²) in [4.78, 5) is 12.3. The van der Waals surface area contributed by atoms with Crippen LogP contribution in [0.3, 0.4) is 0 Å². The molecule has 0 spiro atoms. The Morgan fingerprint density at radius 1 is 1.00 bits per heavy atom. The number of benzene rings is 2. The molecule has 0 amide bonds. The van der Waals surface area contributed by atoms with Crippen LogP contribution in [-0.4, -0.2) is 5.11 Å². The van der Waals surface area contributed by atoms with Crippen LogP contribution in [0.4, 0.5) is 0 Å². The lowest BCUT2D eigenvalue weighted by atomic mass is 9.83. The second kappa shape index (κ2) is 5.02. The maximum atomic E-state index is 12.3. The third-order valence-corrected chi connectivity index (χ3v) is 3.71. The molecule has 0 aliphatic heterocycles. The van der Waals surface area contributed by atoms with E-state index in [1.165, 1.54) is 6.07 Å². The zero-order chi connectivity index (χ0) is 15.9. The van der Waals surface area contributed by atoms with Crippen LogP contribution in [0.2, 0.25) is 0 Å². The zero-order valence-corrected chi connectivity index (χ0v) is 12.9. The van der Waals surface area contributed by atoms with Crippen LogP contribution in [-0.2, 0) is 5.41 Å². The maximum Gasteiger partial charge on any atom is 0.193 e. The van der Waals surface area contributed by atoms with E-state index < -0.39 is 0 Å². The van der Waals surface area contributed by atoms with Gasteiger partial charge in [-0.3, -0.25) is 4.79 Å². The molecule has 0 bridgehead atoms. The van der Waals surface area contributed by atoms with E-state index in [0.717, 1.165) is 11.1 Å². The summed E-state index contributed by atoms with van der Waals surface area (Å²) >= 11 is 0. The van der Waals surface area contributed by atoms with Gasteiger partial charge in [-0.1, -0.05) is 32.9 Å². The number of hydrogen-bond donors (Lipinski definition) is 1. The minimum atomic E-state index is -0.182. The molecule has 3 nitrogen and oxygen atoms in total. The number of phenols is 1. The number of fused-ring (bicyclic) bond motifs is 1. The van der Waals surface area contributed by atoms with Crippen LogP contribution in [0, 0.1) is 0 Å². The Kier molecular flexibility index (Phi) is 3.28. The summed E-state index contributed by atoms with van der Waals surface area (Å²) in [7, 11) is 0. The van der Waals surface area contributed by atoms with Crippen molar-refractivity contribution in [2.24, 2.45) is 0 Å². The summed E-state index contributed by atoms with van der Waals surface area (Å²) in [5, 5.41) is 10.4. The monoisotopic (exact) mass is 294 g/mol. The molecule has 0 radical (unpaired) electrons. The molecule has 1 N–H and O–H groups in total. The molecule has 2 aromatic carbocycles. The molecular weight excluding hydrogens is 276 g/mol. The highest BCUT2D eigenvalue weighted by Crippen LogP contribution is 2.35. The third kappa shape index (κ3) is 2.50. The van der Waals surface area contributed by atoms with Crippen molar-refractivity contribution in [1.82, 2.24) is 0 Å². The Hall–Kier alpha value is -2.55. The summed E-state index contributed by atoms with van der Waals surface area (Å²) in [6, 6.07) is 13.9. The van der Waals surface area contributed by atoms with Gasteiger partial charge in [-0.25, -0.2) is 0 Å². The van der Waals surface area contributed by atoms with Crippen molar-refractivity contribution in [1.29, 1.82) is 0 Å². The number of rotatable bonds is 1. The summed E-state index contributed by atoms with van der Waals surface area (Å²) < 4.78 is 5.92. The topological polar surface area (TPSA) is 50.4 Å². The second-order valence-electron chi connectivity index (χ2n) is 6.45. The summed E-state index contributed by atoms with van der Waals surface area (Å²) in [5.41, 5.74) is 2.08. The quantitative estimate of drug-likeness (QED) is 0.720. The number of hydrogen-bond acceptors (Lipinski definition) is 3.